The average Bonchev–Trinajstić information content (AvgIpc) is 2.59. The summed E-state index contributed by atoms with van der Waals surface area (Å²) >= 11 is 18.2. The van der Waals surface area contributed by atoms with Gasteiger partial charge in [0, 0.05) is 16.2 Å². The Hall–Kier alpha value is -2.21. The number of methoxy groups -OCH3 is 1. The molecule has 0 fully saturated rings. The number of benzene rings is 2. The van der Waals surface area contributed by atoms with E-state index in [-0.39, 0.29) is 0 Å². The fraction of sp³-hybridized carbons (Fsp3) is 0.0588. The van der Waals surface area contributed by atoms with Crippen LogP contribution in [0.25, 0.3) is 0 Å². The maximum absolute atomic E-state index is 6.16. The number of rotatable bonds is 5. The topological polar surface area (TPSA) is 59.1 Å². The van der Waals surface area contributed by atoms with Gasteiger partial charge in [0.1, 0.15) is 11.6 Å². The summed E-state index contributed by atoms with van der Waals surface area (Å²) in [6, 6.07) is 12.1. The quantitative estimate of drug-likeness (QED) is 0.560. The van der Waals surface area contributed by atoms with E-state index in [0.29, 0.717) is 44.0 Å². The van der Waals surface area contributed by atoms with Crippen LogP contribution in [0, 0.1) is 0 Å². The van der Waals surface area contributed by atoms with E-state index in [0.717, 1.165) is 0 Å². The van der Waals surface area contributed by atoms with E-state index >= 15 is 0 Å². The van der Waals surface area contributed by atoms with Crippen molar-refractivity contribution < 1.29 is 4.74 Å². The first-order valence-corrected chi connectivity index (χ1v) is 8.34. The van der Waals surface area contributed by atoms with Crippen LogP contribution < -0.4 is 15.4 Å². The van der Waals surface area contributed by atoms with Crippen molar-refractivity contribution in [1.29, 1.82) is 0 Å². The summed E-state index contributed by atoms with van der Waals surface area (Å²) in [7, 11) is 1.58. The van der Waals surface area contributed by atoms with Gasteiger partial charge in [-0.25, -0.2) is 4.98 Å². The molecule has 8 heteroatoms. The molecule has 0 aliphatic rings. The molecule has 1 heterocycles. The summed E-state index contributed by atoms with van der Waals surface area (Å²) in [5.74, 6) is 1.57. The molecule has 2 aromatic carbocycles. The molecule has 0 aliphatic carbocycles. The third kappa shape index (κ3) is 4.45. The fourth-order valence-corrected chi connectivity index (χ4v) is 2.63. The fourth-order valence-electron chi connectivity index (χ4n) is 2.12. The molecule has 25 heavy (non-hydrogen) atoms. The van der Waals surface area contributed by atoms with Crippen molar-refractivity contribution in [3.05, 3.63) is 63.7 Å². The number of nitrogens with zero attached hydrogens (tertiary/aromatic N) is 2. The van der Waals surface area contributed by atoms with Crippen molar-refractivity contribution in [1.82, 2.24) is 9.97 Å². The number of hydrogen-bond acceptors (Lipinski definition) is 5. The minimum Gasteiger partial charge on any atom is -0.495 e. The average molecular weight is 396 g/mol. The summed E-state index contributed by atoms with van der Waals surface area (Å²) in [6.07, 6.45) is 1.62. The van der Waals surface area contributed by atoms with Crippen LogP contribution in [-0.4, -0.2) is 17.1 Å². The summed E-state index contributed by atoms with van der Waals surface area (Å²) < 4.78 is 5.30. The lowest BCUT2D eigenvalue weighted by atomic mass is 10.3. The van der Waals surface area contributed by atoms with Crippen LogP contribution in [-0.2, 0) is 0 Å². The Morgan fingerprint density at radius 3 is 2.36 bits per heavy atom. The summed E-state index contributed by atoms with van der Waals surface area (Å²) in [5, 5.41) is 7.88. The molecule has 1 aromatic heterocycles. The van der Waals surface area contributed by atoms with Crippen molar-refractivity contribution in [3.8, 4) is 5.75 Å². The smallest absolute Gasteiger partial charge is 0.229 e. The highest BCUT2D eigenvalue weighted by Gasteiger charge is 2.08. The molecule has 0 spiro atoms. The van der Waals surface area contributed by atoms with E-state index in [1.807, 2.05) is 0 Å². The SMILES string of the molecule is COc1ccc(Cl)cc1Nc1nccc(Nc2cc(Cl)ccc2Cl)n1. The molecule has 0 unspecified atom stereocenters. The molecule has 3 aromatic rings. The molecule has 0 amide bonds. The molecular formula is C17H13Cl3N4O. The first-order chi connectivity index (χ1) is 12.0. The number of anilines is 4. The van der Waals surface area contributed by atoms with E-state index in [4.69, 9.17) is 39.5 Å². The van der Waals surface area contributed by atoms with E-state index in [2.05, 4.69) is 20.6 Å². The number of aromatic nitrogens is 2. The van der Waals surface area contributed by atoms with Gasteiger partial charge in [0.15, 0.2) is 0 Å². The van der Waals surface area contributed by atoms with Gasteiger partial charge in [-0.3, -0.25) is 0 Å². The number of ether oxygens (including phenoxy) is 1. The van der Waals surface area contributed by atoms with Gasteiger partial charge < -0.3 is 15.4 Å². The van der Waals surface area contributed by atoms with Gasteiger partial charge in [-0.15, -0.1) is 0 Å². The van der Waals surface area contributed by atoms with Crippen LogP contribution >= 0.6 is 34.8 Å². The van der Waals surface area contributed by atoms with E-state index in [9.17, 15) is 0 Å². The predicted molar refractivity (Wildman–Crippen MR) is 103 cm³/mol. The Balaban J connectivity index is 1.85. The van der Waals surface area contributed by atoms with Crippen molar-refractivity contribution >= 4 is 57.9 Å². The van der Waals surface area contributed by atoms with Crippen molar-refractivity contribution in [2.75, 3.05) is 17.7 Å². The van der Waals surface area contributed by atoms with Crippen LogP contribution in [0.1, 0.15) is 0 Å². The highest BCUT2D eigenvalue weighted by molar-refractivity contribution is 6.35. The standard InChI is InChI=1S/C17H13Cl3N4O/c1-25-15-5-3-11(19)9-14(15)23-17-21-7-6-16(24-17)22-13-8-10(18)2-4-12(13)20/h2-9H,1H3,(H2,21,22,23,24). The molecule has 0 radical (unpaired) electrons. The van der Waals surface area contributed by atoms with Gasteiger partial charge >= 0.3 is 0 Å². The van der Waals surface area contributed by atoms with Crippen LogP contribution in [0.15, 0.2) is 48.7 Å². The lowest BCUT2D eigenvalue weighted by Gasteiger charge is -2.12. The highest BCUT2D eigenvalue weighted by atomic mass is 35.5. The Morgan fingerprint density at radius 1 is 0.880 bits per heavy atom. The Bertz CT molecular complexity index is 905. The second-order valence-electron chi connectivity index (χ2n) is 4.98. The lowest BCUT2D eigenvalue weighted by molar-refractivity contribution is 0.417. The van der Waals surface area contributed by atoms with Gasteiger partial charge in [0.2, 0.25) is 5.95 Å². The Morgan fingerprint density at radius 2 is 1.60 bits per heavy atom. The van der Waals surface area contributed by atoms with Crippen molar-refractivity contribution in [2.45, 2.75) is 0 Å². The van der Waals surface area contributed by atoms with Gasteiger partial charge in [-0.2, -0.15) is 4.98 Å². The third-order valence-corrected chi connectivity index (χ3v) is 4.05. The van der Waals surface area contributed by atoms with Gasteiger partial charge in [0.05, 0.1) is 23.5 Å². The zero-order valence-electron chi connectivity index (χ0n) is 13.1. The highest BCUT2D eigenvalue weighted by Crippen LogP contribution is 2.31. The molecule has 2 N–H and O–H groups in total. The molecule has 0 saturated carbocycles. The molecule has 0 saturated heterocycles. The van der Waals surface area contributed by atoms with Crippen molar-refractivity contribution in [2.24, 2.45) is 0 Å². The monoisotopic (exact) mass is 394 g/mol. The molecule has 0 aliphatic heterocycles. The molecule has 3 rings (SSSR count). The third-order valence-electron chi connectivity index (χ3n) is 3.25. The first kappa shape index (κ1) is 17.6. The van der Waals surface area contributed by atoms with Gasteiger partial charge in [-0.1, -0.05) is 34.8 Å². The van der Waals surface area contributed by atoms with Gasteiger partial charge in [-0.05, 0) is 42.5 Å². The molecule has 5 nitrogen and oxygen atoms in total. The maximum atomic E-state index is 6.16. The Kier molecular flexibility index (Phi) is 5.48. The van der Waals surface area contributed by atoms with Crippen LogP contribution in [0.3, 0.4) is 0 Å². The lowest BCUT2D eigenvalue weighted by Crippen LogP contribution is -2.02. The van der Waals surface area contributed by atoms with E-state index < -0.39 is 0 Å². The predicted octanol–water partition coefficient (Wildman–Crippen LogP) is 5.93. The number of nitrogens with one attached hydrogen (secondary N) is 2. The summed E-state index contributed by atoms with van der Waals surface area (Å²) in [4.78, 5) is 8.61. The zero-order chi connectivity index (χ0) is 17.8. The second-order valence-corrected chi connectivity index (χ2v) is 6.26. The minimum absolute atomic E-state index is 0.378. The summed E-state index contributed by atoms with van der Waals surface area (Å²) in [6.45, 7) is 0. The summed E-state index contributed by atoms with van der Waals surface area (Å²) in [5.41, 5.74) is 1.31. The minimum atomic E-state index is 0.378. The second kappa shape index (κ2) is 7.78. The van der Waals surface area contributed by atoms with Gasteiger partial charge in [0.25, 0.3) is 0 Å². The van der Waals surface area contributed by atoms with E-state index in [1.165, 1.54) is 0 Å². The number of hydrogen-bond donors (Lipinski definition) is 2. The largest absolute Gasteiger partial charge is 0.495 e. The van der Waals surface area contributed by atoms with Crippen LogP contribution in [0.2, 0.25) is 15.1 Å². The Labute approximate surface area is 159 Å². The number of halogens is 3. The van der Waals surface area contributed by atoms with E-state index in [1.54, 1.807) is 55.8 Å². The molecule has 0 atom stereocenters. The maximum Gasteiger partial charge on any atom is 0.229 e. The first-order valence-electron chi connectivity index (χ1n) is 7.21. The molecular weight excluding hydrogens is 383 g/mol. The van der Waals surface area contributed by atoms with Crippen LogP contribution in [0.5, 0.6) is 5.75 Å². The zero-order valence-corrected chi connectivity index (χ0v) is 15.3. The van der Waals surface area contributed by atoms with Crippen LogP contribution in [0.4, 0.5) is 23.1 Å². The molecule has 128 valence electrons. The molecule has 0 bridgehead atoms. The normalized spacial score (nSPS) is 10.4. The van der Waals surface area contributed by atoms with Crippen molar-refractivity contribution in [3.63, 3.8) is 0 Å².